The van der Waals surface area contributed by atoms with Crippen molar-refractivity contribution in [3.05, 3.63) is 0 Å². The van der Waals surface area contributed by atoms with Gasteiger partial charge in [0, 0.05) is 29.4 Å². The van der Waals surface area contributed by atoms with E-state index in [-0.39, 0.29) is 0 Å². The summed E-state index contributed by atoms with van der Waals surface area (Å²) in [6.45, 7) is 7.42. The Morgan fingerprint density at radius 3 is 2.70 bits per heavy atom. The zero-order valence-corrected chi connectivity index (χ0v) is 8.67. The lowest BCUT2D eigenvalue weighted by Gasteiger charge is -2.30. The van der Waals surface area contributed by atoms with Crippen LogP contribution in [0.25, 0.3) is 0 Å². The first-order valence-electron chi connectivity index (χ1n) is 3.68. The van der Waals surface area contributed by atoms with Gasteiger partial charge in [0.1, 0.15) is 6.73 Å². The Hall–Kier alpha value is 0.650. The highest BCUT2D eigenvalue weighted by Crippen LogP contribution is 2.19. The van der Waals surface area contributed by atoms with Crippen molar-refractivity contribution in [1.82, 2.24) is 3.11 Å². The van der Waals surface area contributed by atoms with Gasteiger partial charge in [-0.05, 0) is 11.8 Å². The van der Waals surface area contributed by atoms with Gasteiger partial charge >= 0.3 is 0 Å². The molecule has 0 radical (unpaired) electrons. The maximum absolute atomic E-state index is 5.37. The van der Waals surface area contributed by atoms with E-state index in [1.54, 1.807) is 0 Å². The zero-order valence-electron chi connectivity index (χ0n) is 6.51. The van der Waals surface area contributed by atoms with Gasteiger partial charge in [-0.2, -0.15) is 0 Å². The van der Waals surface area contributed by atoms with Crippen molar-refractivity contribution in [2.24, 2.45) is 11.8 Å². The molecule has 3 heteroatoms. The van der Waals surface area contributed by atoms with Crippen LogP contribution in [0.15, 0.2) is 0 Å². The summed E-state index contributed by atoms with van der Waals surface area (Å²) in [5.41, 5.74) is 0. The van der Waals surface area contributed by atoms with Crippen LogP contribution in [0.1, 0.15) is 13.8 Å². The van der Waals surface area contributed by atoms with Crippen LogP contribution in [-0.4, -0.2) is 23.0 Å². The number of ether oxygens (including phenoxy) is 1. The lowest BCUT2D eigenvalue weighted by Crippen LogP contribution is -2.35. The lowest BCUT2D eigenvalue weighted by molar-refractivity contribution is -0.00582. The molecule has 1 atom stereocenters. The normalized spacial score (nSPS) is 29.4. The highest BCUT2D eigenvalue weighted by Gasteiger charge is 2.20. The molecule has 0 N–H and O–H groups in total. The van der Waals surface area contributed by atoms with E-state index in [1.807, 2.05) is 0 Å². The average molecular weight is 255 g/mol. The third-order valence-electron chi connectivity index (χ3n) is 1.94. The Morgan fingerprint density at radius 1 is 1.60 bits per heavy atom. The summed E-state index contributed by atoms with van der Waals surface area (Å²) in [4.78, 5) is 0. The predicted molar refractivity (Wildman–Crippen MR) is 49.9 cm³/mol. The minimum Gasteiger partial charge on any atom is -0.365 e. The third-order valence-corrected chi connectivity index (χ3v) is 2.61. The molecular weight excluding hydrogens is 241 g/mol. The lowest BCUT2D eigenvalue weighted by atomic mass is 9.96. The van der Waals surface area contributed by atoms with Crippen molar-refractivity contribution < 1.29 is 4.74 Å². The molecule has 1 aliphatic heterocycles. The van der Waals surface area contributed by atoms with Crippen molar-refractivity contribution in [2.45, 2.75) is 13.8 Å². The van der Waals surface area contributed by atoms with Gasteiger partial charge in [0.2, 0.25) is 0 Å². The standard InChI is InChI=1S/C7H14INO/c1-6(2)7-3-9(8)5-10-4-7/h6-7H,3-5H2,1-2H3. The van der Waals surface area contributed by atoms with Crippen molar-refractivity contribution in [3.8, 4) is 0 Å². The minimum absolute atomic E-state index is 0.727. The Labute approximate surface area is 76.4 Å². The molecule has 60 valence electrons. The molecular formula is C7H14INO. The second-order valence-corrected chi connectivity index (χ2v) is 4.51. The molecule has 1 heterocycles. The average Bonchev–Trinajstić information content (AvgIpc) is 1.88. The maximum atomic E-state index is 5.37. The van der Waals surface area contributed by atoms with Gasteiger partial charge in [0.25, 0.3) is 0 Å². The van der Waals surface area contributed by atoms with E-state index in [0.29, 0.717) is 0 Å². The van der Waals surface area contributed by atoms with Crippen molar-refractivity contribution in [1.29, 1.82) is 0 Å². The molecule has 1 unspecified atom stereocenters. The topological polar surface area (TPSA) is 12.5 Å². The van der Waals surface area contributed by atoms with E-state index in [1.165, 1.54) is 6.54 Å². The summed E-state index contributed by atoms with van der Waals surface area (Å²) >= 11 is 2.31. The molecule has 10 heavy (non-hydrogen) atoms. The highest BCUT2D eigenvalue weighted by molar-refractivity contribution is 14.1. The van der Waals surface area contributed by atoms with Crippen molar-refractivity contribution in [2.75, 3.05) is 19.9 Å². The highest BCUT2D eigenvalue weighted by atomic mass is 127. The van der Waals surface area contributed by atoms with E-state index < -0.39 is 0 Å². The van der Waals surface area contributed by atoms with Crippen molar-refractivity contribution >= 4 is 22.9 Å². The molecule has 2 nitrogen and oxygen atoms in total. The number of halogens is 1. The fourth-order valence-corrected chi connectivity index (χ4v) is 1.77. The van der Waals surface area contributed by atoms with Gasteiger partial charge in [0.15, 0.2) is 0 Å². The first-order chi connectivity index (χ1) is 4.70. The van der Waals surface area contributed by atoms with Crippen LogP contribution < -0.4 is 0 Å². The van der Waals surface area contributed by atoms with Crippen molar-refractivity contribution in [3.63, 3.8) is 0 Å². The monoisotopic (exact) mass is 255 g/mol. The molecule has 0 saturated carbocycles. The molecule has 0 amide bonds. The molecule has 0 bridgehead atoms. The second-order valence-electron chi connectivity index (χ2n) is 3.15. The fraction of sp³-hybridized carbons (Fsp3) is 1.00. The fourth-order valence-electron chi connectivity index (χ4n) is 1.07. The third kappa shape index (κ3) is 2.36. The van der Waals surface area contributed by atoms with Gasteiger partial charge in [-0.15, -0.1) is 0 Å². The van der Waals surface area contributed by atoms with Crippen LogP contribution in [-0.2, 0) is 4.74 Å². The molecule has 1 saturated heterocycles. The Morgan fingerprint density at radius 2 is 2.30 bits per heavy atom. The Balaban J connectivity index is 2.32. The number of nitrogens with zero attached hydrogens (tertiary/aromatic N) is 1. The van der Waals surface area contributed by atoms with Crippen LogP contribution >= 0.6 is 22.9 Å². The second kappa shape index (κ2) is 3.88. The molecule has 0 aliphatic carbocycles. The van der Waals surface area contributed by atoms with Gasteiger partial charge in [-0.1, -0.05) is 13.8 Å². The van der Waals surface area contributed by atoms with Gasteiger partial charge in [0.05, 0.1) is 6.61 Å². The summed E-state index contributed by atoms with van der Waals surface area (Å²) in [6.07, 6.45) is 0. The van der Waals surface area contributed by atoms with Gasteiger partial charge < -0.3 is 4.74 Å². The summed E-state index contributed by atoms with van der Waals surface area (Å²) in [5, 5.41) is 0. The molecule has 0 spiro atoms. The molecule has 1 aliphatic rings. The largest absolute Gasteiger partial charge is 0.365 e. The van der Waals surface area contributed by atoms with E-state index in [2.05, 4.69) is 39.8 Å². The summed E-state index contributed by atoms with van der Waals surface area (Å²) < 4.78 is 7.57. The molecule has 1 rings (SSSR count). The molecule has 1 fully saturated rings. The van der Waals surface area contributed by atoms with E-state index in [4.69, 9.17) is 4.74 Å². The van der Waals surface area contributed by atoms with E-state index in [0.717, 1.165) is 25.2 Å². The number of hydrogen-bond donors (Lipinski definition) is 0. The molecule has 0 aromatic carbocycles. The van der Waals surface area contributed by atoms with Gasteiger partial charge in [-0.25, -0.2) is 3.11 Å². The maximum Gasteiger partial charge on any atom is 0.107 e. The Kier molecular flexibility index (Phi) is 3.39. The quantitative estimate of drug-likeness (QED) is 0.524. The first-order valence-corrected chi connectivity index (χ1v) is 4.65. The van der Waals surface area contributed by atoms with E-state index >= 15 is 0 Å². The predicted octanol–water partition coefficient (Wildman–Crippen LogP) is 1.90. The summed E-state index contributed by atoms with van der Waals surface area (Å²) in [7, 11) is 0. The zero-order chi connectivity index (χ0) is 7.56. The summed E-state index contributed by atoms with van der Waals surface area (Å²) in [5.74, 6) is 1.48. The SMILES string of the molecule is CC(C)C1COCN(I)C1. The Bertz CT molecular complexity index is 108. The number of rotatable bonds is 1. The van der Waals surface area contributed by atoms with Gasteiger partial charge in [-0.3, -0.25) is 0 Å². The van der Waals surface area contributed by atoms with E-state index in [9.17, 15) is 0 Å². The smallest absolute Gasteiger partial charge is 0.107 e. The van der Waals surface area contributed by atoms with Crippen LogP contribution in [0.2, 0.25) is 0 Å². The first kappa shape index (κ1) is 8.74. The minimum atomic E-state index is 0.727. The van der Waals surface area contributed by atoms with Crippen LogP contribution in [0.5, 0.6) is 0 Å². The van der Waals surface area contributed by atoms with Crippen LogP contribution in [0.3, 0.4) is 0 Å². The molecule has 0 aromatic rings. The summed E-state index contributed by atoms with van der Waals surface area (Å²) in [6, 6.07) is 0. The van der Waals surface area contributed by atoms with Crippen LogP contribution in [0.4, 0.5) is 0 Å². The van der Waals surface area contributed by atoms with Crippen LogP contribution in [0, 0.1) is 11.8 Å². The number of hydrogen-bond acceptors (Lipinski definition) is 2. The molecule has 0 aromatic heterocycles.